The maximum Gasteiger partial charge on any atom is 0.0389 e. The molecule has 3 heteroatoms. The van der Waals surface area contributed by atoms with E-state index in [1.54, 1.807) is 0 Å². The first-order chi connectivity index (χ1) is 9.19. The van der Waals surface area contributed by atoms with Crippen molar-refractivity contribution < 1.29 is 0 Å². The van der Waals surface area contributed by atoms with Gasteiger partial charge in [-0.25, -0.2) is 0 Å². The summed E-state index contributed by atoms with van der Waals surface area (Å²) >= 11 is 0. The molecule has 0 radical (unpaired) electrons. The minimum absolute atomic E-state index is 0.609. The predicted molar refractivity (Wildman–Crippen MR) is 80.5 cm³/mol. The quantitative estimate of drug-likeness (QED) is 0.883. The normalized spacial score (nSPS) is 27.6. The van der Waals surface area contributed by atoms with Crippen LogP contribution in [0.3, 0.4) is 0 Å². The number of aryl methyl sites for hydroxylation is 1. The molecule has 2 saturated heterocycles. The molecule has 19 heavy (non-hydrogen) atoms. The lowest BCUT2D eigenvalue weighted by atomic mass is 10.0. The minimum Gasteiger partial charge on any atom is -0.366 e. The zero-order chi connectivity index (χ0) is 13.4. The third kappa shape index (κ3) is 2.37. The first-order valence-corrected chi connectivity index (χ1v) is 7.49. The summed E-state index contributed by atoms with van der Waals surface area (Å²) < 4.78 is 0. The highest BCUT2D eigenvalue weighted by atomic mass is 15.3. The van der Waals surface area contributed by atoms with Crippen LogP contribution in [0.2, 0.25) is 0 Å². The predicted octanol–water partition coefficient (Wildman–Crippen LogP) is 2.13. The van der Waals surface area contributed by atoms with Crippen LogP contribution in [0.4, 0.5) is 5.69 Å². The van der Waals surface area contributed by atoms with Crippen molar-refractivity contribution in [2.75, 3.05) is 24.5 Å². The zero-order valence-electron chi connectivity index (χ0n) is 12.1. The summed E-state index contributed by atoms with van der Waals surface area (Å²) in [6, 6.07) is 8.13. The second-order valence-electron chi connectivity index (χ2n) is 6.11. The van der Waals surface area contributed by atoms with E-state index in [1.807, 2.05) is 0 Å². The maximum absolute atomic E-state index is 5.76. The average Bonchev–Trinajstić information content (AvgIpc) is 2.84. The Morgan fingerprint density at radius 2 is 2.16 bits per heavy atom. The Kier molecular flexibility index (Phi) is 3.50. The molecule has 0 bridgehead atoms. The van der Waals surface area contributed by atoms with Gasteiger partial charge in [-0.1, -0.05) is 6.07 Å². The molecule has 2 unspecified atom stereocenters. The summed E-state index contributed by atoms with van der Waals surface area (Å²) in [6.45, 7) is 8.85. The van der Waals surface area contributed by atoms with Gasteiger partial charge in [0.2, 0.25) is 0 Å². The lowest BCUT2D eigenvalue weighted by molar-refractivity contribution is 0.203. The molecule has 0 amide bonds. The van der Waals surface area contributed by atoms with Crippen LogP contribution in [0.15, 0.2) is 18.2 Å². The number of hydrogen-bond donors (Lipinski definition) is 1. The van der Waals surface area contributed by atoms with E-state index in [1.165, 1.54) is 49.3 Å². The first-order valence-electron chi connectivity index (χ1n) is 7.49. The molecule has 1 aromatic rings. The van der Waals surface area contributed by atoms with Crippen LogP contribution >= 0.6 is 0 Å². The molecule has 2 aliphatic heterocycles. The molecule has 1 aromatic carbocycles. The van der Waals surface area contributed by atoms with E-state index in [9.17, 15) is 0 Å². The van der Waals surface area contributed by atoms with Crippen molar-refractivity contribution in [2.45, 2.75) is 45.3 Å². The van der Waals surface area contributed by atoms with Crippen LogP contribution in [0, 0.1) is 6.92 Å². The van der Waals surface area contributed by atoms with Crippen molar-refractivity contribution in [3.8, 4) is 0 Å². The Hall–Kier alpha value is -1.06. The summed E-state index contributed by atoms with van der Waals surface area (Å²) in [5.41, 5.74) is 9.71. The fourth-order valence-corrected chi connectivity index (χ4v) is 3.63. The van der Waals surface area contributed by atoms with Gasteiger partial charge in [0.05, 0.1) is 0 Å². The molecule has 3 nitrogen and oxygen atoms in total. The number of benzene rings is 1. The smallest absolute Gasteiger partial charge is 0.0389 e. The molecule has 0 saturated carbocycles. The molecular weight excluding hydrogens is 234 g/mol. The third-order valence-corrected chi connectivity index (χ3v) is 4.82. The summed E-state index contributed by atoms with van der Waals surface area (Å²) in [4.78, 5) is 5.25. The van der Waals surface area contributed by atoms with Crippen LogP contribution < -0.4 is 10.6 Å². The van der Waals surface area contributed by atoms with Gasteiger partial charge < -0.3 is 10.6 Å². The molecule has 2 atom stereocenters. The molecule has 2 aliphatic rings. The molecular formula is C16H25N3. The molecule has 0 aliphatic carbocycles. The van der Waals surface area contributed by atoms with E-state index in [4.69, 9.17) is 5.73 Å². The lowest BCUT2D eigenvalue weighted by Crippen LogP contribution is -2.55. The second-order valence-corrected chi connectivity index (χ2v) is 6.11. The van der Waals surface area contributed by atoms with Gasteiger partial charge in [0.1, 0.15) is 0 Å². The highest BCUT2D eigenvalue weighted by Gasteiger charge is 2.34. The van der Waals surface area contributed by atoms with Gasteiger partial charge in [-0.05, 0) is 56.5 Å². The van der Waals surface area contributed by atoms with Crippen molar-refractivity contribution in [1.82, 2.24) is 4.90 Å². The number of anilines is 1. The Morgan fingerprint density at radius 3 is 2.89 bits per heavy atom. The molecule has 3 rings (SSSR count). The van der Waals surface area contributed by atoms with Gasteiger partial charge in [-0.3, -0.25) is 4.90 Å². The molecule has 104 valence electrons. The van der Waals surface area contributed by atoms with Crippen molar-refractivity contribution in [3.05, 3.63) is 29.3 Å². The van der Waals surface area contributed by atoms with Gasteiger partial charge in [-0.2, -0.15) is 0 Å². The van der Waals surface area contributed by atoms with Gasteiger partial charge in [-0.15, -0.1) is 0 Å². The zero-order valence-corrected chi connectivity index (χ0v) is 12.1. The van der Waals surface area contributed by atoms with Crippen LogP contribution in [0.5, 0.6) is 0 Å². The van der Waals surface area contributed by atoms with E-state index in [0.29, 0.717) is 12.6 Å². The second kappa shape index (κ2) is 5.14. The van der Waals surface area contributed by atoms with E-state index in [2.05, 4.69) is 41.8 Å². The van der Waals surface area contributed by atoms with Crippen molar-refractivity contribution >= 4 is 5.69 Å². The number of hydrogen-bond acceptors (Lipinski definition) is 3. The van der Waals surface area contributed by atoms with Gasteiger partial charge in [0, 0.05) is 37.4 Å². The van der Waals surface area contributed by atoms with E-state index >= 15 is 0 Å². The molecule has 0 aromatic heterocycles. The Labute approximate surface area is 116 Å². The number of piperazine rings is 1. The van der Waals surface area contributed by atoms with Crippen LogP contribution in [-0.2, 0) is 6.54 Å². The third-order valence-electron chi connectivity index (χ3n) is 4.82. The number of nitrogens with two attached hydrogens (primary N) is 1. The summed E-state index contributed by atoms with van der Waals surface area (Å²) in [7, 11) is 0. The van der Waals surface area contributed by atoms with E-state index < -0.39 is 0 Å². The first kappa shape index (κ1) is 12.9. The Balaban J connectivity index is 1.82. The fourth-order valence-electron chi connectivity index (χ4n) is 3.63. The van der Waals surface area contributed by atoms with Gasteiger partial charge in [0.25, 0.3) is 0 Å². The number of nitrogens with zero attached hydrogens (tertiary/aromatic N) is 2. The highest BCUT2D eigenvalue weighted by molar-refractivity contribution is 5.52. The van der Waals surface area contributed by atoms with Crippen molar-refractivity contribution in [1.29, 1.82) is 0 Å². The number of rotatable bonds is 2. The van der Waals surface area contributed by atoms with E-state index in [-0.39, 0.29) is 0 Å². The standard InChI is InChI=1S/C16H25N3/c1-12-8-15(6-5-14(12)9-17)19-11-16-4-3-7-18(16)10-13(19)2/h5-6,8,13,16H,3-4,7,9-11,17H2,1-2H3. The fraction of sp³-hybridized carbons (Fsp3) is 0.625. The topological polar surface area (TPSA) is 32.5 Å². The molecule has 0 spiro atoms. The van der Waals surface area contributed by atoms with Crippen molar-refractivity contribution in [3.63, 3.8) is 0 Å². The highest BCUT2D eigenvalue weighted by Crippen LogP contribution is 2.29. The molecule has 2 N–H and O–H groups in total. The largest absolute Gasteiger partial charge is 0.366 e. The molecule has 2 fully saturated rings. The van der Waals surface area contributed by atoms with Gasteiger partial charge in [0.15, 0.2) is 0 Å². The minimum atomic E-state index is 0.609. The van der Waals surface area contributed by atoms with Crippen LogP contribution in [0.1, 0.15) is 30.9 Å². The average molecular weight is 259 g/mol. The SMILES string of the molecule is Cc1cc(N2CC3CCCN3CC2C)ccc1CN. The maximum atomic E-state index is 5.76. The summed E-state index contributed by atoms with van der Waals surface area (Å²) in [5, 5.41) is 0. The lowest BCUT2D eigenvalue weighted by Gasteiger charge is -2.43. The van der Waals surface area contributed by atoms with Crippen LogP contribution in [-0.4, -0.2) is 36.6 Å². The monoisotopic (exact) mass is 259 g/mol. The summed E-state index contributed by atoms with van der Waals surface area (Å²) in [6.07, 6.45) is 2.74. The Bertz CT molecular complexity index is 457. The van der Waals surface area contributed by atoms with Crippen molar-refractivity contribution in [2.24, 2.45) is 5.73 Å². The van der Waals surface area contributed by atoms with E-state index in [0.717, 1.165) is 6.04 Å². The van der Waals surface area contributed by atoms with Crippen LogP contribution in [0.25, 0.3) is 0 Å². The Morgan fingerprint density at radius 1 is 1.32 bits per heavy atom. The van der Waals surface area contributed by atoms with Gasteiger partial charge >= 0.3 is 0 Å². The summed E-state index contributed by atoms with van der Waals surface area (Å²) in [5.74, 6) is 0. The molecule has 2 heterocycles. The number of fused-ring (bicyclic) bond motifs is 1.